The van der Waals surface area contributed by atoms with Crippen molar-refractivity contribution >= 4 is 0 Å². The van der Waals surface area contributed by atoms with Crippen LogP contribution >= 0.6 is 0 Å². The van der Waals surface area contributed by atoms with Gasteiger partial charge in [-0.3, -0.25) is 0 Å². The molecule has 1 aromatic carbocycles. The molecule has 0 spiro atoms. The van der Waals surface area contributed by atoms with Gasteiger partial charge < -0.3 is 0 Å². The molecule has 1 rings (SSSR count). The van der Waals surface area contributed by atoms with Crippen molar-refractivity contribution < 1.29 is 26.3 Å². The molecule has 6 heteroatoms. The molecular weight excluding hydrogens is 306 g/mol. The molecule has 0 amide bonds. The van der Waals surface area contributed by atoms with Crippen molar-refractivity contribution in [2.45, 2.75) is 58.8 Å². The van der Waals surface area contributed by atoms with Crippen molar-refractivity contribution in [3.05, 3.63) is 34.9 Å². The average molecular weight is 326 g/mol. The summed E-state index contributed by atoms with van der Waals surface area (Å²) >= 11 is 0. The third-order valence-electron chi connectivity index (χ3n) is 3.78. The van der Waals surface area contributed by atoms with E-state index in [-0.39, 0.29) is 12.3 Å². The van der Waals surface area contributed by atoms with Crippen molar-refractivity contribution in [2.75, 3.05) is 0 Å². The van der Waals surface area contributed by atoms with Crippen molar-refractivity contribution in [3.63, 3.8) is 0 Å². The Morgan fingerprint density at radius 1 is 0.818 bits per heavy atom. The molecular formula is C16H20F6. The molecule has 0 saturated heterocycles. The maximum Gasteiger partial charge on any atom is 0.406 e. The van der Waals surface area contributed by atoms with Crippen LogP contribution in [0.1, 0.15) is 44.4 Å². The van der Waals surface area contributed by atoms with Crippen molar-refractivity contribution in [2.24, 2.45) is 5.41 Å². The Morgan fingerprint density at radius 3 is 1.64 bits per heavy atom. The standard InChI is InChI=1S/C16H20F6/c1-10-6-7-12(8-11(10)9-13(2,3)4)14(5,15(17,18)19)16(20,21)22/h6-8H,9H2,1-5H3. The predicted molar refractivity (Wildman–Crippen MR) is 73.8 cm³/mol. The smallest absolute Gasteiger partial charge is 0.170 e. The van der Waals surface area contributed by atoms with Crippen LogP contribution in [0.3, 0.4) is 0 Å². The van der Waals surface area contributed by atoms with Crippen LogP contribution in [-0.4, -0.2) is 12.4 Å². The highest BCUT2D eigenvalue weighted by molar-refractivity contribution is 5.38. The molecule has 22 heavy (non-hydrogen) atoms. The topological polar surface area (TPSA) is 0 Å². The van der Waals surface area contributed by atoms with E-state index >= 15 is 0 Å². The molecule has 0 unspecified atom stereocenters. The van der Waals surface area contributed by atoms with E-state index in [0.29, 0.717) is 17.5 Å². The van der Waals surface area contributed by atoms with E-state index in [1.165, 1.54) is 6.07 Å². The highest BCUT2D eigenvalue weighted by Crippen LogP contribution is 2.52. The quantitative estimate of drug-likeness (QED) is 0.588. The fraction of sp³-hybridized carbons (Fsp3) is 0.625. The SMILES string of the molecule is Cc1ccc(C(C)(C(F)(F)F)C(F)(F)F)cc1CC(C)(C)C. The van der Waals surface area contributed by atoms with Crippen LogP contribution in [0.25, 0.3) is 0 Å². The first-order chi connectivity index (χ1) is 9.59. The Bertz CT molecular complexity index is 517. The summed E-state index contributed by atoms with van der Waals surface area (Å²) in [6.45, 7) is 7.52. The monoisotopic (exact) mass is 326 g/mol. The fourth-order valence-electron chi connectivity index (χ4n) is 2.23. The minimum Gasteiger partial charge on any atom is -0.170 e. The molecule has 0 atom stereocenters. The summed E-state index contributed by atoms with van der Waals surface area (Å²) in [5.41, 5.74) is -3.69. The van der Waals surface area contributed by atoms with Gasteiger partial charge in [0.25, 0.3) is 0 Å². The molecule has 0 aliphatic rings. The van der Waals surface area contributed by atoms with Crippen LogP contribution in [0, 0.1) is 12.3 Å². The van der Waals surface area contributed by atoms with E-state index in [9.17, 15) is 26.3 Å². The predicted octanol–water partition coefficient (Wildman–Crippen LogP) is 5.97. The van der Waals surface area contributed by atoms with Gasteiger partial charge in [-0.1, -0.05) is 39.0 Å². The lowest BCUT2D eigenvalue weighted by atomic mass is 9.78. The maximum absolute atomic E-state index is 13.1. The minimum absolute atomic E-state index is 0.193. The zero-order chi connectivity index (χ0) is 17.6. The van der Waals surface area contributed by atoms with Crippen LogP contribution in [0.15, 0.2) is 18.2 Å². The van der Waals surface area contributed by atoms with E-state index < -0.39 is 23.3 Å². The summed E-state index contributed by atoms with van der Waals surface area (Å²) in [6, 6.07) is 3.29. The lowest BCUT2D eigenvalue weighted by Gasteiger charge is -2.35. The van der Waals surface area contributed by atoms with Crippen LogP contribution in [0.2, 0.25) is 0 Å². The Hall–Kier alpha value is -1.20. The Balaban J connectivity index is 3.50. The minimum atomic E-state index is -5.42. The van der Waals surface area contributed by atoms with Crippen LogP contribution in [0.4, 0.5) is 26.3 Å². The first-order valence-electron chi connectivity index (χ1n) is 6.83. The van der Waals surface area contributed by atoms with Gasteiger partial charge >= 0.3 is 12.4 Å². The molecule has 0 heterocycles. The van der Waals surface area contributed by atoms with Gasteiger partial charge in [-0.05, 0) is 42.4 Å². The van der Waals surface area contributed by atoms with E-state index in [1.54, 1.807) is 6.92 Å². The largest absolute Gasteiger partial charge is 0.406 e. The number of aryl methyl sites for hydroxylation is 1. The lowest BCUT2D eigenvalue weighted by molar-refractivity contribution is -0.297. The van der Waals surface area contributed by atoms with Crippen molar-refractivity contribution in [1.82, 2.24) is 0 Å². The first kappa shape index (κ1) is 18.8. The second-order valence-electron chi connectivity index (χ2n) is 7.00. The van der Waals surface area contributed by atoms with E-state index in [0.717, 1.165) is 12.1 Å². The molecule has 0 bridgehead atoms. The van der Waals surface area contributed by atoms with Crippen LogP contribution in [-0.2, 0) is 11.8 Å². The third-order valence-corrected chi connectivity index (χ3v) is 3.78. The third kappa shape index (κ3) is 3.58. The Kier molecular flexibility index (Phi) is 4.68. The van der Waals surface area contributed by atoms with Gasteiger partial charge in [0, 0.05) is 0 Å². The van der Waals surface area contributed by atoms with Gasteiger partial charge in [-0.25, -0.2) is 0 Å². The number of hydrogen-bond donors (Lipinski definition) is 0. The summed E-state index contributed by atoms with van der Waals surface area (Å²) in [4.78, 5) is 0. The van der Waals surface area contributed by atoms with Gasteiger partial charge in [-0.2, -0.15) is 26.3 Å². The molecule has 0 fully saturated rings. The molecule has 0 saturated carbocycles. The summed E-state index contributed by atoms with van der Waals surface area (Å²) in [5, 5.41) is 0. The van der Waals surface area contributed by atoms with Crippen LogP contribution < -0.4 is 0 Å². The van der Waals surface area contributed by atoms with Gasteiger partial charge in [0.1, 0.15) is 0 Å². The number of benzene rings is 1. The number of halogens is 6. The second kappa shape index (κ2) is 5.46. The van der Waals surface area contributed by atoms with Crippen LogP contribution in [0.5, 0.6) is 0 Å². The van der Waals surface area contributed by atoms with E-state index in [1.807, 2.05) is 20.8 Å². The van der Waals surface area contributed by atoms with Gasteiger partial charge in [0.2, 0.25) is 0 Å². The highest BCUT2D eigenvalue weighted by atomic mass is 19.4. The van der Waals surface area contributed by atoms with Crippen molar-refractivity contribution in [1.29, 1.82) is 0 Å². The van der Waals surface area contributed by atoms with Gasteiger partial charge in [-0.15, -0.1) is 0 Å². The molecule has 0 nitrogen and oxygen atoms in total. The maximum atomic E-state index is 13.1. The highest BCUT2D eigenvalue weighted by Gasteiger charge is 2.68. The zero-order valence-electron chi connectivity index (χ0n) is 13.2. The van der Waals surface area contributed by atoms with Crippen molar-refractivity contribution in [3.8, 4) is 0 Å². The molecule has 1 aromatic rings. The molecule has 0 aromatic heterocycles. The molecule has 0 N–H and O–H groups in total. The summed E-state index contributed by atoms with van der Waals surface area (Å²) < 4.78 is 78.8. The average Bonchev–Trinajstić information content (AvgIpc) is 2.26. The zero-order valence-corrected chi connectivity index (χ0v) is 13.2. The number of rotatable bonds is 2. The van der Waals surface area contributed by atoms with Gasteiger partial charge in [0.05, 0.1) is 0 Å². The molecule has 126 valence electrons. The molecule has 0 aliphatic carbocycles. The summed E-state index contributed by atoms with van der Waals surface area (Å²) in [6.07, 6.45) is -10.4. The molecule has 0 aliphatic heterocycles. The first-order valence-corrected chi connectivity index (χ1v) is 6.83. The number of hydrogen-bond acceptors (Lipinski definition) is 0. The van der Waals surface area contributed by atoms with E-state index in [2.05, 4.69) is 0 Å². The summed E-state index contributed by atoms with van der Waals surface area (Å²) in [7, 11) is 0. The summed E-state index contributed by atoms with van der Waals surface area (Å²) in [5.74, 6) is 0. The van der Waals surface area contributed by atoms with Gasteiger partial charge in [0.15, 0.2) is 5.41 Å². The molecule has 0 radical (unpaired) electrons. The normalized spacial score (nSPS) is 14.3. The Morgan fingerprint density at radius 2 is 1.27 bits per heavy atom. The second-order valence-corrected chi connectivity index (χ2v) is 7.00. The number of alkyl halides is 6. The van der Waals surface area contributed by atoms with E-state index in [4.69, 9.17) is 0 Å². The lowest BCUT2D eigenvalue weighted by Crippen LogP contribution is -2.51. The Labute approximate surface area is 126 Å². The fourth-order valence-corrected chi connectivity index (χ4v) is 2.23.